The van der Waals surface area contributed by atoms with E-state index in [1.165, 1.54) is 0 Å². The van der Waals surface area contributed by atoms with Gasteiger partial charge < -0.3 is 14.7 Å². The molecule has 0 unspecified atom stereocenters. The van der Waals surface area contributed by atoms with Gasteiger partial charge in [-0.2, -0.15) is 0 Å². The number of anilines is 1. The third-order valence-electron chi connectivity index (χ3n) is 3.16. The van der Waals surface area contributed by atoms with Gasteiger partial charge in [-0.15, -0.1) is 0 Å². The normalized spacial score (nSPS) is 14.4. The van der Waals surface area contributed by atoms with Gasteiger partial charge in [0.15, 0.2) is 0 Å². The second-order valence-corrected chi connectivity index (χ2v) is 4.38. The first kappa shape index (κ1) is 12.9. The van der Waals surface area contributed by atoms with Crippen LogP contribution in [0.1, 0.15) is 25.3 Å². The molecule has 0 saturated heterocycles. The third-order valence-corrected chi connectivity index (χ3v) is 3.16. The van der Waals surface area contributed by atoms with Crippen LogP contribution in [0.4, 0.5) is 5.69 Å². The number of aromatic hydroxyl groups is 1. The van der Waals surface area contributed by atoms with Crippen LogP contribution in [0.2, 0.25) is 0 Å². The van der Waals surface area contributed by atoms with E-state index in [2.05, 4.69) is 0 Å². The van der Waals surface area contributed by atoms with Gasteiger partial charge in [0, 0.05) is 13.2 Å². The van der Waals surface area contributed by atoms with Gasteiger partial charge in [-0.05, 0) is 31.4 Å². The number of benzene rings is 1. The Labute approximate surface area is 107 Å². The van der Waals surface area contributed by atoms with Crippen molar-refractivity contribution >= 4 is 11.6 Å². The number of carbonyl (C=O) groups excluding carboxylic acids is 1. The van der Waals surface area contributed by atoms with E-state index in [0.717, 1.165) is 18.4 Å². The van der Waals surface area contributed by atoms with Gasteiger partial charge in [-0.3, -0.25) is 4.79 Å². The van der Waals surface area contributed by atoms with Crippen molar-refractivity contribution in [3.63, 3.8) is 0 Å². The van der Waals surface area contributed by atoms with Crippen molar-refractivity contribution in [1.29, 1.82) is 0 Å². The summed E-state index contributed by atoms with van der Waals surface area (Å²) in [6, 6.07) is 5.42. The molecule has 1 aliphatic rings. The summed E-state index contributed by atoms with van der Waals surface area (Å²) in [6.07, 6.45) is 2.22. The number of aryl methyl sites for hydroxylation is 1. The molecule has 0 bridgehead atoms. The van der Waals surface area contributed by atoms with Crippen LogP contribution in [-0.4, -0.2) is 30.8 Å². The number of rotatable bonds is 4. The highest BCUT2D eigenvalue weighted by molar-refractivity contribution is 5.96. The minimum Gasteiger partial charge on any atom is -0.506 e. The summed E-state index contributed by atoms with van der Waals surface area (Å²) in [5, 5.41) is 9.92. The molecule has 0 saturated carbocycles. The Kier molecular flexibility index (Phi) is 4.20. The summed E-state index contributed by atoms with van der Waals surface area (Å²) < 4.78 is 5.20. The van der Waals surface area contributed by atoms with E-state index in [9.17, 15) is 9.90 Å². The standard InChI is InChI=1S/C14H19NO3/c1-2-18-10-8-13(17)15-9-4-6-11-5-3-7-12(16)14(11)15/h3,5,7,16H,2,4,6,8-10H2,1H3. The summed E-state index contributed by atoms with van der Waals surface area (Å²) >= 11 is 0. The monoisotopic (exact) mass is 249 g/mol. The SMILES string of the molecule is CCOCCC(=O)N1CCCc2cccc(O)c21. The fourth-order valence-electron chi connectivity index (χ4n) is 2.32. The molecule has 18 heavy (non-hydrogen) atoms. The number of carbonyl (C=O) groups is 1. The topological polar surface area (TPSA) is 49.8 Å². The van der Waals surface area contributed by atoms with Crippen LogP contribution in [0.3, 0.4) is 0 Å². The lowest BCUT2D eigenvalue weighted by Gasteiger charge is -2.30. The van der Waals surface area contributed by atoms with E-state index in [0.29, 0.717) is 31.9 Å². The Balaban J connectivity index is 2.14. The van der Waals surface area contributed by atoms with Crippen molar-refractivity contribution in [2.24, 2.45) is 0 Å². The molecule has 0 aromatic heterocycles. The van der Waals surface area contributed by atoms with E-state index in [4.69, 9.17) is 4.74 Å². The van der Waals surface area contributed by atoms with E-state index < -0.39 is 0 Å². The van der Waals surface area contributed by atoms with Crippen molar-refractivity contribution in [1.82, 2.24) is 0 Å². The number of nitrogens with zero attached hydrogens (tertiary/aromatic N) is 1. The molecule has 2 rings (SSSR count). The van der Waals surface area contributed by atoms with E-state index in [1.807, 2.05) is 19.1 Å². The highest BCUT2D eigenvalue weighted by atomic mass is 16.5. The first-order valence-electron chi connectivity index (χ1n) is 6.43. The third kappa shape index (κ3) is 2.64. The summed E-state index contributed by atoms with van der Waals surface area (Å²) in [4.78, 5) is 13.8. The fourth-order valence-corrected chi connectivity index (χ4v) is 2.32. The smallest absolute Gasteiger partial charge is 0.229 e. The van der Waals surface area contributed by atoms with Gasteiger partial charge in [0.05, 0.1) is 18.7 Å². The van der Waals surface area contributed by atoms with Gasteiger partial charge in [0.25, 0.3) is 0 Å². The van der Waals surface area contributed by atoms with Crippen LogP contribution in [0, 0.1) is 0 Å². The van der Waals surface area contributed by atoms with Crippen LogP contribution in [0.25, 0.3) is 0 Å². The van der Waals surface area contributed by atoms with Crippen molar-refractivity contribution in [2.75, 3.05) is 24.7 Å². The van der Waals surface area contributed by atoms with E-state index >= 15 is 0 Å². The molecule has 98 valence electrons. The summed E-state index contributed by atoms with van der Waals surface area (Å²) in [7, 11) is 0. The first-order valence-corrected chi connectivity index (χ1v) is 6.43. The number of phenols is 1. The highest BCUT2D eigenvalue weighted by Crippen LogP contribution is 2.35. The van der Waals surface area contributed by atoms with E-state index in [1.54, 1.807) is 11.0 Å². The number of ether oxygens (including phenoxy) is 1. The summed E-state index contributed by atoms with van der Waals surface area (Å²) in [5.74, 6) is 0.211. The molecule has 4 nitrogen and oxygen atoms in total. The average molecular weight is 249 g/mol. The molecule has 1 amide bonds. The van der Waals surface area contributed by atoms with Crippen molar-refractivity contribution in [3.8, 4) is 5.75 Å². The molecular weight excluding hydrogens is 230 g/mol. The van der Waals surface area contributed by atoms with Gasteiger partial charge >= 0.3 is 0 Å². The van der Waals surface area contributed by atoms with Crippen LogP contribution in [0.5, 0.6) is 5.75 Å². The molecular formula is C14H19NO3. The Morgan fingerprint density at radius 3 is 3.11 bits per heavy atom. The van der Waals surface area contributed by atoms with Crippen LogP contribution in [0.15, 0.2) is 18.2 Å². The average Bonchev–Trinajstić information content (AvgIpc) is 2.38. The lowest BCUT2D eigenvalue weighted by molar-refractivity contribution is -0.119. The van der Waals surface area contributed by atoms with Gasteiger partial charge in [0.1, 0.15) is 5.75 Å². The predicted molar refractivity (Wildman–Crippen MR) is 69.9 cm³/mol. The Morgan fingerprint density at radius 2 is 2.33 bits per heavy atom. The van der Waals surface area contributed by atoms with Crippen LogP contribution >= 0.6 is 0 Å². The largest absolute Gasteiger partial charge is 0.506 e. The summed E-state index contributed by atoms with van der Waals surface area (Å²) in [5.41, 5.74) is 1.73. The molecule has 4 heteroatoms. The molecule has 0 aliphatic carbocycles. The molecule has 1 N–H and O–H groups in total. The molecule has 1 aromatic carbocycles. The molecule has 0 atom stereocenters. The maximum absolute atomic E-state index is 12.1. The Morgan fingerprint density at radius 1 is 1.50 bits per heavy atom. The maximum atomic E-state index is 12.1. The van der Waals surface area contributed by atoms with Crippen molar-refractivity contribution < 1.29 is 14.6 Å². The van der Waals surface area contributed by atoms with Crippen molar-refractivity contribution in [2.45, 2.75) is 26.2 Å². The second kappa shape index (κ2) is 5.87. The zero-order chi connectivity index (χ0) is 13.0. The highest BCUT2D eigenvalue weighted by Gasteiger charge is 2.24. The predicted octanol–water partition coefficient (Wildman–Crippen LogP) is 2.10. The number of amides is 1. The van der Waals surface area contributed by atoms with Gasteiger partial charge in [-0.1, -0.05) is 12.1 Å². The quantitative estimate of drug-likeness (QED) is 0.831. The zero-order valence-electron chi connectivity index (χ0n) is 10.7. The molecule has 0 radical (unpaired) electrons. The summed E-state index contributed by atoms with van der Waals surface area (Å²) in [6.45, 7) is 3.64. The molecule has 1 heterocycles. The Hall–Kier alpha value is -1.55. The van der Waals surface area contributed by atoms with Gasteiger partial charge in [0.2, 0.25) is 5.91 Å². The minimum absolute atomic E-state index is 0.0194. The second-order valence-electron chi connectivity index (χ2n) is 4.38. The molecule has 0 spiro atoms. The number of para-hydroxylation sites is 1. The fraction of sp³-hybridized carbons (Fsp3) is 0.500. The molecule has 1 aliphatic heterocycles. The minimum atomic E-state index is 0.0194. The van der Waals surface area contributed by atoms with Gasteiger partial charge in [-0.25, -0.2) is 0 Å². The lowest BCUT2D eigenvalue weighted by atomic mass is 10.0. The first-order chi connectivity index (χ1) is 8.74. The lowest BCUT2D eigenvalue weighted by Crippen LogP contribution is -2.36. The van der Waals surface area contributed by atoms with E-state index in [-0.39, 0.29) is 11.7 Å². The number of hydrogen-bond donors (Lipinski definition) is 1. The van der Waals surface area contributed by atoms with Crippen LogP contribution in [-0.2, 0) is 16.0 Å². The van der Waals surface area contributed by atoms with Crippen molar-refractivity contribution in [3.05, 3.63) is 23.8 Å². The number of hydrogen-bond acceptors (Lipinski definition) is 3. The molecule has 1 aromatic rings. The maximum Gasteiger partial charge on any atom is 0.229 e. The number of phenolic OH excluding ortho intramolecular Hbond substituents is 1. The Bertz CT molecular complexity index is 431. The molecule has 0 fully saturated rings. The number of fused-ring (bicyclic) bond motifs is 1. The zero-order valence-corrected chi connectivity index (χ0v) is 10.7. The van der Waals surface area contributed by atoms with Crippen LogP contribution < -0.4 is 4.90 Å².